The molecule has 0 bridgehead atoms. The summed E-state index contributed by atoms with van der Waals surface area (Å²) in [5, 5.41) is 11.6. The molecule has 120 valence electrons. The number of aliphatic carboxylic acids is 1. The van der Waals surface area contributed by atoms with E-state index < -0.39 is 5.97 Å². The summed E-state index contributed by atoms with van der Waals surface area (Å²) in [4.78, 5) is 20.0. The Hall–Kier alpha value is -2.21. The maximum atomic E-state index is 10.8. The number of rotatable bonds is 5. The van der Waals surface area contributed by atoms with E-state index >= 15 is 0 Å². The SMILES string of the molecule is CCc1nc2cc(C)c(C)cc2n1Cc1nc(CC(=O)O)cs1. The molecule has 3 aromatic rings. The number of benzene rings is 1. The fourth-order valence-corrected chi connectivity index (χ4v) is 3.45. The maximum Gasteiger partial charge on any atom is 0.309 e. The molecule has 6 heteroatoms. The third-order valence-corrected chi connectivity index (χ3v) is 4.87. The van der Waals surface area contributed by atoms with Gasteiger partial charge >= 0.3 is 5.97 Å². The van der Waals surface area contributed by atoms with Crippen LogP contribution in [0.4, 0.5) is 0 Å². The smallest absolute Gasteiger partial charge is 0.309 e. The number of hydrogen-bond donors (Lipinski definition) is 1. The second-order valence-electron chi connectivity index (χ2n) is 5.70. The Morgan fingerprint density at radius 1 is 1.26 bits per heavy atom. The van der Waals surface area contributed by atoms with Gasteiger partial charge in [0, 0.05) is 11.8 Å². The second kappa shape index (κ2) is 6.12. The summed E-state index contributed by atoms with van der Waals surface area (Å²) in [5.74, 6) is 0.176. The number of fused-ring (bicyclic) bond motifs is 1. The first-order valence-electron chi connectivity index (χ1n) is 7.59. The highest BCUT2D eigenvalue weighted by Crippen LogP contribution is 2.23. The second-order valence-corrected chi connectivity index (χ2v) is 6.64. The van der Waals surface area contributed by atoms with Crippen LogP contribution in [-0.4, -0.2) is 25.6 Å². The zero-order chi connectivity index (χ0) is 16.6. The number of aryl methyl sites for hydroxylation is 3. The van der Waals surface area contributed by atoms with Crippen molar-refractivity contribution in [2.24, 2.45) is 0 Å². The molecule has 0 atom stereocenters. The average Bonchev–Trinajstić information content (AvgIpc) is 3.05. The van der Waals surface area contributed by atoms with Crippen LogP contribution in [0.1, 0.15) is 34.6 Å². The van der Waals surface area contributed by atoms with Crippen molar-refractivity contribution in [3.05, 3.63) is 45.2 Å². The van der Waals surface area contributed by atoms with E-state index in [2.05, 4.69) is 42.5 Å². The van der Waals surface area contributed by atoms with Crippen LogP contribution in [0.5, 0.6) is 0 Å². The van der Waals surface area contributed by atoms with Crippen LogP contribution in [0.15, 0.2) is 17.5 Å². The van der Waals surface area contributed by atoms with Crippen molar-refractivity contribution in [3.8, 4) is 0 Å². The predicted octanol–water partition coefficient (Wildman–Crippen LogP) is 3.35. The van der Waals surface area contributed by atoms with E-state index in [1.54, 1.807) is 0 Å². The van der Waals surface area contributed by atoms with Crippen molar-refractivity contribution in [2.75, 3.05) is 0 Å². The monoisotopic (exact) mass is 329 g/mol. The third-order valence-electron chi connectivity index (χ3n) is 3.98. The van der Waals surface area contributed by atoms with E-state index in [0.29, 0.717) is 12.2 Å². The summed E-state index contributed by atoms with van der Waals surface area (Å²) in [6.45, 7) is 6.92. The van der Waals surface area contributed by atoms with Crippen LogP contribution < -0.4 is 0 Å². The van der Waals surface area contributed by atoms with Gasteiger partial charge in [-0.15, -0.1) is 11.3 Å². The number of carboxylic acids is 1. The number of nitrogens with zero attached hydrogens (tertiary/aromatic N) is 3. The minimum Gasteiger partial charge on any atom is -0.481 e. The molecule has 0 saturated heterocycles. The molecule has 0 fully saturated rings. The van der Waals surface area contributed by atoms with Crippen molar-refractivity contribution in [1.82, 2.24) is 14.5 Å². The van der Waals surface area contributed by atoms with E-state index in [1.165, 1.54) is 22.5 Å². The highest BCUT2D eigenvalue weighted by molar-refractivity contribution is 7.09. The van der Waals surface area contributed by atoms with E-state index in [9.17, 15) is 4.79 Å². The van der Waals surface area contributed by atoms with Crippen molar-refractivity contribution in [2.45, 2.75) is 40.2 Å². The number of carboxylic acid groups (broad SMARTS) is 1. The molecule has 0 spiro atoms. The number of imidazole rings is 1. The molecular formula is C17H19N3O2S. The molecule has 0 aliphatic rings. The first-order valence-corrected chi connectivity index (χ1v) is 8.47. The van der Waals surface area contributed by atoms with Gasteiger partial charge in [0.15, 0.2) is 0 Å². The Morgan fingerprint density at radius 3 is 2.70 bits per heavy atom. The summed E-state index contributed by atoms with van der Waals surface area (Å²) >= 11 is 1.50. The van der Waals surface area contributed by atoms with Crippen molar-refractivity contribution in [3.63, 3.8) is 0 Å². The summed E-state index contributed by atoms with van der Waals surface area (Å²) in [5.41, 5.74) is 5.22. The first kappa shape index (κ1) is 15.7. The van der Waals surface area contributed by atoms with Gasteiger partial charge in [-0.05, 0) is 37.1 Å². The van der Waals surface area contributed by atoms with Crippen LogP contribution >= 0.6 is 11.3 Å². The van der Waals surface area contributed by atoms with Gasteiger partial charge in [0.1, 0.15) is 10.8 Å². The minimum absolute atomic E-state index is 0.0277. The Labute approximate surface area is 138 Å². The molecule has 23 heavy (non-hydrogen) atoms. The molecule has 5 nitrogen and oxygen atoms in total. The lowest BCUT2D eigenvalue weighted by molar-refractivity contribution is -0.136. The fourth-order valence-electron chi connectivity index (χ4n) is 2.67. The average molecular weight is 329 g/mol. The van der Waals surface area contributed by atoms with Crippen molar-refractivity contribution >= 4 is 28.3 Å². The predicted molar refractivity (Wildman–Crippen MR) is 91.1 cm³/mol. The summed E-state index contributed by atoms with van der Waals surface area (Å²) in [7, 11) is 0. The Morgan fingerprint density at radius 2 is 2.00 bits per heavy atom. The van der Waals surface area contributed by atoms with Gasteiger partial charge in [-0.25, -0.2) is 9.97 Å². The lowest BCUT2D eigenvalue weighted by Crippen LogP contribution is -2.05. The highest BCUT2D eigenvalue weighted by Gasteiger charge is 2.13. The van der Waals surface area contributed by atoms with E-state index in [0.717, 1.165) is 28.3 Å². The number of thiazole rings is 1. The van der Waals surface area contributed by atoms with Crippen LogP contribution in [-0.2, 0) is 24.2 Å². The first-order chi connectivity index (χ1) is 11.0. The van der Waals surface area contributed by atoms with Gasteiger partial charge < -0.3 is 9.67 Å². The molecule has 3 rings (SSSR count). The molecule has 0 radical (unpaired) electrons. The molecule has 2 heterocycles. The number of hydrogen-bond acceptors (Lipinski definition) is 4. The molecule has 2 aromatic heterocycles. The van der Waals surface area contributed by atoms with Gasteiger partial charge in [-0.1, -0.05) is 6.92 Å². The Balaban J connectivity index is 1.99. The molecule has 1 aromatic carbocycles. The standard InChI is InChI=1S/C17H19N3O2S/c1-4-15-19-13-5-10(2)11(3)6-14(13)20(15)8-16-18-12(9-23-16)7-17(21)22/h5-6,9H,4,7-8H2,1-3H3,(H,21,22). The Kier molecular flexibility index (Phi) is 4.17. The quantitative estimate of drug-likeness (QED) is 0.779. The van der Waals surface area contributed by atoms with Gasteiger partial charge in [-0.2, -0.15) is 0 Å². The molecule has 0 saturated carbocycles. The summed E-state index contributed by atoms with van der Waals surface area (Å²) in [6.07, 6.45) is 0.820. The summed E-state index contributed by atoms with van der Waals surface area (Å²) in [6, 6.07) is 4.29. The fraction of sp³-hybridized carbons (Fsp3) is 0.353. The maximum absolute atomic E-state index is 10.8. The van der Waals surface area contributed by atoms with E-state index in [-0.39, 0.29) is 6.42 Å². The zero-order valence-corrected chi connectivity index (χ0v) is 14.3. The minimum atomic E-state index is -0.852. The van der Waals surface area contributed by atoms with Crippen LogP contribution in [0, 0.1) is 13.8 Å². The van der Waals surface area contributed by atoms with Crippen molar-refractivity contribution in [1.29, 1.82) is 0 Å². The van der Waals surface area contributed by atoms with E-state index in [1.807, 2.05) is 5.38 Å². The highest BCUT2D eigenvalue weighted by atomic mass is 32.1. The molecule has 0 aliphatic carbocycles. The number of aromatic nitrogens is 3. The normalized spacial score (nSPS) is 11.3. The number of carbonyl (C=O) groups is 1. The lowest BCUT2D eigenvalue weighted by atomic mass is 10.1. The summed E-state index contributed by atoms with van der Waals surface area (Å²) < 4.78 is 2.19. The van der Waals surface area contributed by atoms with Gasteiger partial charge in [0.2, 0.25) is 0 Å². The Bertz CT molecular complexity index is 879. The zero-order valence-electron chi connectivity index (χ0n) is 13.5. The topological polar surface area (TPSA) is 68.0 Å². The van der Waals surface area contributed by atoms with Gasteiger partial charge in [0.05, 0.1) is 29.7 Å². The lowest BCUT2D eigenvalue weighted by Gasteiger charge is -2.07. The molecule has 0 amide bonds. The molecule has 1 N–H and O–H groups in total. The largest absolute Gasteiger partial charge is 0.481 e. The van der Waals surface area contributed by atoms with Crippen LogP contribution in [0.3, 0.4) is 0 Å². The van der Waals surface area contributed by atoms with Crippen molar-refractivity contribution < 1.29 is 9.90 Å². The molecular weight excluding hydrogens is 310 g/mol. The van der Waals surface area contributed by atoms with Gasteiger partial charge in [0.25, 0.3) is 0 Å². The molecule has 0 aliphatic heterocycles. The van der Waals surface area contributed by atoms with E-state index in [4.69, 9.17) is 10.1 Å². The van der Waals surface area contributed by atoms with Crippen LogP contribution in [0.25, 0.3) is 11.0 Å². The molecule has 0 unspecified atom stereocenters. The van der Waals surface area contributed by atoms with Crippen LogP contribution in [0.2, 0.25) is 0 Å². The van der Waals surface area contributed by atoms with Gasteiger partial charge in [-0.3, -0.25) is 4.79 Å². The third kappa shape index (κ3) is 3.12.